The van der Waals surface area contributed by atoms with Crippen LogP contribution in [0.25, 0.3) is 0 Å². The first-order chi connectivity index (χ1) is 38.8. The highest BCUT2D eigenvalue weighted by Crippen LogP contribution is 2.35. The van der Waals surface area contributed by atoms with Gasteiger partial charge in [0.2, 0.25) is 23.6 Å². The van der Waals surface area contributed by atoms with Gasteiger partial charge in [0.1, 0.15) is 0 Å². The number of nitrogens with zero attached hydrogens (tertiary/aromatic N) is 4. The fourth-order valence-electron chi connectivity index (χ4n) is 7.01. The molecule has 0 fully saturated rings. The van der Waals surface area contributed by atoms with Gasteiger partial charge in [-0.2, -0.15) is 0 Å². The number of aliphatic carboxylic acids is 2. The molecule has 2 N–H and O–H groups in total. The minimum absolute atomic E-state index is 0. The van der Waals surface area contributed by atoms with Gasteiger partial charge in [-0.15, -0.1) is 0 Å². The quantitative estimate of drug-likeness (QED) is 0.0562. The summed E-state index contributed by atoms with van der Waals surface area (Å²) in [5, 5.41) is 18.7. The van der Waals surface area contributed by atoms with Crippen LogP contribution in [0.3, 0.4) is 0 Å². The Morgan fingerprint density at radius 2 is 0.674 bits per heavy atom. The fourth-order valence-corrected chi connectivity index (χ4v) is 7.01. The summed E-state index contributed by atoms with van der Waals surface area (Å²) in [7, 11) is 7.02. The van der Waals surface area contributed by atoms with Crippen molar-refractivity contribution in [3.05, 3.63) is 0 Å². The van der Waals surface area contributed by atoms with E-state index in [1.807, 2.05) is 41.5 Å². The van der Waals surface area contributed by atoms with Crippen LogP contribution in [-0.2, 0) is 47.8 Å². The molecule has 0 aliphatic heterocycles. The van der Waals surface area contributed by atoms with Gasteiger partial charge in [0.25, 0.3) is 0 Å². The summed E-state index contributed by atoms with van der Waals surface area (Å²) in [5.41, 5.74) is -0.658. The summed E-state index contributed by atoms with van der Waals surface area (Å²) < 4.78 is 9.85. The Hall–Kier alpha value is -4.24. The van der Waals surface area contributed by atoms with Gasteiger partial charge in [-0.05, 0) is 65.2 Å². The molecular formula is C70H152N4O12. The van der Waals surface area contributed by atoms with Crippen molar-refractivity contribution < 1.29 is 58.0 Å². The number of carbonyl (C=O) groups excluding carboxylic acids is 6. The third kappa shape index (κ3) is 74.0. The molecule has 16 heteroatoms. The summed E-state index contributed by atoms with van der Waals surface area (Å²) in [6, 6.07) is 0. The highest BCUT2D eigenvalue weighted by atomic mass is 16.5. The molecule has 86 heavy (non-hydrogen) atoms. The summed E-state index contributed by atoms with van der Waals surface area (Å²) in [4.78, 5) is 97.5. The van der Waals surface area contributed by atoms with Crippen molar-refractivity contribution in [1.82, 2.24) is 19.6 Å². The van der Waals surface area contributed by atoms with Crippen molar-refractivity contribution >= 4 is 47.5 Å². The van der Waals surface area contributed by atoms with Crippen molar-refractivity contribution in [2.45, 2.75) is 328 Å². The van der Waals surface area contributed by atoms with Gasteiger partial charge < -0.3 is 39.3 Å². The maximum absolute atomic E-state index is 11.8. The zero-order valence-corrected chi connectivity index (χ0v) is 57.8. The first kappa shape index (κ1) is 110. The van der Waals surface area contributed by atoms with E-state index in [1.54, 1.807) is 54.7 Å². The molecule has 0 aromatic carbocycles. The summed E-state index contributed by atoms with van der Waals surface area (Å²) in [5.74, 6) is -1.77. The normalized spacial score (nSPS) is 10.1. The van der Waals surface area contributed by atoms with Crippen LogP contribution in [0.15, 0.2) is 0 Å². The van der Waals surface area contributed by atoms with Crippen molar-refractivity contribution in [2.24, 2.45) is 17.3 Å². The Labute approximate surface area is 535 Å². The molecule has 0 saturated heterocycles. The SMILES string of the molecule is C.C.C.C.CCC.CCC.CCCC.CCCC.CCCCC(CCCC)(CCN(C)C(=O)CC)C(=O)O.CCCCC(CCN(C)C(=O)CC)C(=O)O.CCCCC(CCN(C)C(=O)CC)C(=O)OCC.CCOC(=O)CCCN(C)C(=O)CC. The number of esters is 2. The van der Waals surface area contributed by atoms with Gasteiger partial charge in [-0.25, -0.2) is 0 Å². The molecule has 2 unspecified atom stereocenters. The molecule has 0 heterocycles. The predicted octanol–water partition coefficient (Wildman–Crippen LogP) is 18.6. The van der Waals surface area contributed by atoms with E-state index < -0.39 is 17.4 Å². The zero-order valence-electron chi connectivity index (χ0n) is 57.8. The highest BCUT2D eigenvalue weighted by Gasteiger charge is 2.37. The van der Waals surface area contributed by atoms with Crippen LogP contribution in [0.1, 0.15) is 328 Å². The van der Waals surface area contributed by atoms with E-state index in [1.165, 1.54) is 38.5 Å². The molecule has 0 aliphatic rings. The van der Waals surface area contributed by atoms with Gasteiger partial charge >= 0.3 is 23.9 Å². The number of carboxylic acids is 2. The number of ether oxygens (including phenoxy) is 2. The van der Waals surface area contributed by atoms with E-state index in [0.717, 1.165) is 57.8 Å². The second-order valence-electron chi connectivity index (χ2n) is 20.9. The third-order valence-electron chi connectivity index (χ3n) is 12.9. The van der Waals surface area contributed by atoms with Gasteiger partial charge in [-0.3, -0.25) is 38.4 Å². The van der Waals surface area contributed by atoms with Crippen LogP contribution in [0.2, 0.25) is 0 Å². The van der Waals surface area contributed by atoms with Crippen LogP contribution in [0.5, 0.6) is 0 Å². The molecule has 0 aliphatic carbocycles. The Balaban J connectivity index is -0.0000000780. The minimum Gasteiger partial charge on any atom is -0.481 e. The molecule has 0 spiro atoms. The Morgan fingerprint density at radius 3 is 0.953 bits per heavy atom. The van der Waals surface area contributed by atoms with Crippen LogP contribution in [0, 0.1) is 17.3 Å². The zero-order chi connectivity index (χ0) is 65.3. The number of hydrogen-bond donors (Lipinski definition) is 2. The van der Waals surface area contributed by atoms with Crippen molar-refractivity contribution in [2.75, 3.05) is 67.6 Å². The molecule has 0 aromatic rings. The predicted molar refractivity (Wildman–Crippen MR) is 371 cm³/mol. The number of amides is 4. The van der Waals surface area contributed by atoms with Crippen LogP contribution in [0.4, 0.5) is 0 Å². The lowest BCUT2D eigenvalue weighted by Gasteiger charge is -2.31. The number of carboxylic acid groups (broad SMARTS) is 2. The fraction of sp³-hybridized carbons (Fsp3) is 0.886. The average Bonchev–Trinajstić information content (AvgIpc) is 3.55. The molecule has 524 valence electrons. The van der Waals surface area contributed by atoms with E-state index in [-0.39, 0.29) is 77.1 Å². The van der Waals surface area contributed by atoms with Crippen molar-refractivity contribution in [3.8, 4) is 0 Å². The summed E-state index contributed by atoms with van der Waals surface area (Å²) in [6.45, 7) is 39.6. The second kappa shape index (κ2) is 82.8. The molecule has 2 atom stereocenters. The maximum Gasteiger partial charge on any atom is 0.309 e. The molecular weight excluding hydrogens is 1090 g/mol. The van der Waals surface area contributed by atoms with Gasteiger partial charge in [0.05, 0.1) is 30.5 Å². The lowest BCUT2D eigenvalue weighted by molar-refractivity contribution is -0.151. The summed E-state index contributed by atoms with van der Waals surface area (Å²) in [6.07, 6.45) is 23.5. The molecule has 0 rings (SSSR count). The minimum atomic E-state index is -0.745. The van der Waals surface area contributed by atoms with E-state index in [4.69, 9.17) is 14.6 Å². The molecule has 0 radical (unpaired) electrons. The first-order valence-corrected chi connectivity index (χ1v) is 32.5. The Morgan fingerprint density at radius 1 is 0.372 bits per heavy atom. The molecule has 0 aromatic heterocycles. The topological polar surface area (TPSA) is 208 Å². The Bertz CT molecular complexity index is 1460. The number of rotatable bonds is 36. The molecule has 16 nitrogen and oxygen atoms in total. The highest BCUT2D eigenvalue weighted by molar-refractivity contribution is 5.78. The second-order valence-corrected chi connectivity index (χ2v) is 20.9. The maximum atomic E-state index is 11.8. The van der Waals surface area contributed by atoms with E-state index in [0.29, 0.717) is 116 Å². The van der Waals surface area contributed by atoms with Gasteiger partial charge in [-0.1, -0.05) is 230 Å². The van der Waals surface area contributed by atoms with Gasteiger partial charge in [0, 0.05) is 86.5 Å². The average molecular weight is 1240 g/mol. The number of unbranched alkanes of at least 4 members (excludes halogenated alkanes) is 6. The molecule has 0 bridgehead atoms. The van der Waals surface area contributed by atoms with Crippen molar-refractivity contribution in [1.29, 1.82) is 0 Å². The smallest absolute Gasteiger partial charge is 0.309 e. The van der Waals surface area contributed by atoms with E-state index in [9.17, 15) is 43.5 Å². The van der Waals surface area contributed by atoms with Crippen molar-refractivity contribution in [3.63, 3.8) is 0 Å². The number of carbonyl (C=O) groups is 8. The number of hydrogen-bond acceptors (Lipinski definition) is 10. The van der Waals surface area contributed by atoms with E-state index >= 15 is 0 Å². The van der Waals surface area contributed by atoms with Crippen LogP contribution >= 0.6 is 0 Å². The standard InChI is InChI=1S/C16H31NO3.C14H27NO3.C12H23NO3.C10H19NO3.2C4H10.2C3H8.4CH4/c1-5-8-10-16(15(19)20,11-9-6-2)12-13-17(4)14(18)7-3;1-5-8-9-12(14(17)18-7-3)10-11-15(4)13(16)6-2;1-4-6-7-10(12(15)16)8-9-13(3)11(14)5-2;1-4-9(12)11(3)8-6-7-10(13)14-5-2;2*1-3-4-2;2*1-3-2;;;;/h5-13H2,1-4H3,(H,19,20);12H,5-11H2,1-4H3;10H,4-9H2,1-3H3,(H,15,16);4-8H2,1-3H3;2*3-4H2,1-2H3;2*3H2,1-2H3;4*1H4. The summed E-state index contributed by atoms with van der Waals surface area (Å²) >= 11 is 0. The van der Waals surface area contributed by atoms with Crippen LogP contribution < -0.4 is 0 Å². The third-order valence-corrected chi connectivity index (χ3v) is 12.9. The molecule has 0 saturated carbocycles. The van der Waals surface area contributed by atoms with Crippen LogP contribution in [-0.4, -0.2) is 145 Å². The van der Waals surface area contributed by atoms with E-state index in [2.05, 4.69) is 76.2 Å². The lowest BCUT2D eigenvalue weighted by Crippen LogP contribution is -2.37. The lowest BCUT2D eigenvalue weighted by atomic mass is 9.75. The van der Waals surface area contributed by atoms with Gasteiger partial charge in [0.15, 0.2) is 0 Å². The molecule has 4 amide bonds. The monoisotopic (exact) mass is 1240 g/mol. The largest absolute Gasteiger partial charge is 0.481 e. The Kier molecular flexibility index (Phi) is 106. The first-order valence-electron chi connectivity index (χ1n) is 32.5.